The van der Waals surface area contributed by atoms with Crippen molar-refractivity contribution in [3.8, 4) is 22.9 Å². The molecule has 0 unspecified atom stereocenters. The third-order valence-corrected chi connectivity index (χ3v) is 6.19. The van der Waals surface area contributed by atoms with Gasteiger partial charge in [-0.2, -0.15) is 0 Å². The lowest BCUT2D eigenvalue weighted by Crippen LogP contribution is -2.49. The first-order valence-electron chi connectivity index (χ1n) is 11.6. The topological polar surface area (TPSA) is 67.8 Å². The number of anilines is 1. The van der Waals surface area contributed by atoms with Crippen molar-refractivity contribution in [2.75, 3.05) is 45.3 Å². The summed E-state index contributed by atoms with van der Waals surface area (Å²) in [5, 5.41) is 0. The van der Waals surface area contributed by atoms with Crippen LogP contribution in [0.15, 0.2) is 48.5 Å². The van der Waals surface area contributed by atoms with Crippen LogP contribution in [-0.4, -0.2) is 61.2 Å². The molecule has 2 heterocycles. The first kappa shape index (κ1) is 23.5. The predicted molar refractivity (Wildman–Crippen MR) is 134 cm³/mol. The fraction of sp³-hybridized carbons (Fsp3) is 0.370. The highest BCUT2D eigenvalue weighted by molar-refractivity contribution is 5.95. The highest BCUT2D eigenvalue weighted by atomic mass is 16.5. The third kappa shape index (κ3) is 4.83. The maximum Gasteiger partial charge on any atom is 0.254 e. The zero-order valence-electron chi connectivity index (χ0n) is 20.5. The van der Waals surface area contributed by atoms with E-state index in [1.54, 1.807) is 32.4 Å². The van der Waals surface area contributed by atoms with E-state index in [2.05, 4.69) is 25.7 Å². The highest BCUT2D eigenvalue weighted by Crippen LogP contribution is 2.31. The van der Waals surface area contributed by atoms with E-state index in [0.717, 1.165) is 28.5 Å². The van der Waals surface area contributed by atoms with Crippen LogP contribution >= 0.6 is 0 Å². The second kappa shape index (κ2) is 10.1. The quantitative estimate of drug-likeness (QED) is 0.537. The minimum Gasteiger partial charge on any atom is -0.497 e. The number of nitrogens with zero attached hydrogens (tertiary/aromatic N) is 4. The first-order valence-corrected chi connectivity index (χ1v) is 11.6. The van der Waals surface area contributed by atoms with Gasteiger partial charge >= 0.3 is 0 Å². The van der Waals surface area contributed by atoms with Gasteiger partial charge in [-0.1, -0.05) is 44.2 Å². The molecule has 1 aliphatic heterocycles. The summed E-state index contributed by atoms with van der Waals surface area (Å²) in [7, 11) is 3.17. The van der Waals surface area contributed by atoms with Crippen LogP contribution in [0.2, 0.25) is 0 Å². The number of hydrogen-bond donors (Lipinski definition) is 0. The average Bonchev–Trinajstić information content (AvgIpc) is 2.87. The van der Waals surface area contributed by atoms with E-state index in [0.29, 0.717) is 49.2 Å². The molecule has 0 radical (unpaired) electrons. The molecular weight excluding hydrogens is 428 g/mol. The zero-order valence-corrected chi connectivity index (χ0v) is 20.5. The Morgan fingerprint density at radius 3 is 2.09 bits per heavy atom. The molecule has 7 nitrogen and oxygen atoms in total. The van der Waals surface area contributed by atoms with Gasteiger partial charge in [0.25, 0.3) is 5.91 Å². The van der Waals surface area contributed by atoms with Gasteiger partial charge in [0.05, 0.1) is 14.2 Å². The summed E-state index contributed by atoms with van der Waals surface area (Å²) in [6, 6.07) is 15.4. The summed E-state index contributed by atoms with van der Waals surface area (Å²) in [5.74, 6) is 3.19. The van der Waals surface area contributed by atoms with Crippen LogP contribution in [0.1, 0.15) is 41.4 Å². The Labute approximate surface area is 201 Å². The number of aromatic nitrogens is 2. The lowest BCUT2D eigenvalue weighted by molar-refractivity contribution is 0.0745. The predicted octanol–water partition coefficient (Wildman–Crippen LogP) is 4.56. The van der Waals surface area contributed by atoms with Gasteiger partial charge in [-0.25, -0.2) is 9.97 Å². The number of rotatable bonds is 6. The second-order valence-electron chi connectivity index (χ2n) is 8.77. The molecule has 0 N–H and O–H groups in total. The normalized spacial score (nSPS) is 13.8. The molecule has 1 fully saturated rings. The summed E-state index contributed by atoms with van der Waals surface area (Å²) in [6.45, 7) is 9.04. The molecule has 0 aliphatic carbocycles. The van der Waals surface area contributed by atoms with E-state index in [-0.39, 0.29) is 5.91 Å². The fourth-order valence-corrected chi connectivity index (χ4v) is 4.43. The van der Waals surface area contributed by atoms with E-state index in [4.69, 9.17) is 19.4 Å². The Kier molecular flexibility index (Phi) is 7.01. The summed E-state index contributed by atoms with van der Waals surface area (Å²) >= 11 is 0. The van der Waals surface area contributed by atoms with Crippen LogP contribution in [-0.2, 0) is 0 Å². The van der Waals surface area contributed by atoms with Gasteiger partial charge in [-0.15, -0.1) is 0 Å². The number of piperazine rings is 1. The number of carbonyl (C=O) groups excluding carboxylic acids is 1. The van der Waals surface area contributed by atoms with Crippen molar-refractivity contribution in [2.45, 2.75) is 26.7 Å². The van der Waals surface area contributed by atoms with Crippen LogP contribution in [0.3, 0.4) is 0 Å². The van der Waals surface area contributed by atoms with Gasteiger partial charge in [-0.3, -0.25) is 4.79 Å². The van der Waals surface area contributed by atoms with Gasteiger partial charge in [0, 0.05) is 54.6 Å². The largest absolute Gasteiger partial charge is 0.497 e. The molecule has 0 bridgehead atoms. The van der Waals surface area contributed by atoms with Crippen LogP contribution in [0.4, 0.5) is 5.82 Å². The standard InChI is InChI=1S/C27H32N4O3/c1-18(2)24-19(3)28-25(20-9-7-6-8-10-20)29-26(24)30-11-13-31(14-12-30)27(32)21-15-22(33-4)17-23(16-21)34-5/h6-10,15-18H,11-14H2,1-5H3. The van der Waals surface area contributed by atoms with Crippen LogP contribution in [0.25, 0.3) is 11.4 Å². The molecule has 3 aromatic rings. The maximum atomic E-state index is 13.2. The Bertz CT molecular complexity index is 1130. The molecule has 34 heavy (non-hydrogen) atoms. The van der Waals surface area contributed by atoms with Gasteiger partial charge in [0.1, 0.15) is 17.3 Å². The highest BCUT2D eigenvalue weighted by Gasteiger charge is 2.27. The zero-order chi connectivity index (χ0) is 24.2. The molecule has 1 saturated heterocycles. The van der Waals surface area contributed by atoms with E-state index < -0.39 is 0 Å². The van der Waals surface area contributed by atoms with Crippen LogP contribution in [0, 0.1) is 6.92 Å². The smallest absolute Gasteiger partial charge is 0.254 e. The first-order chi connectivity index (χ1) is 16.4. The SMILES string of the molecule is COc1cc(OC)cc(C(=O)N2CCN(c3nc(-c4ccccc4)nc(C)c3C(C)C)CC2)c1. The molecular formula is C27H32N4O3. The number of ether oxygens (including phenoxy) is 2. The molecule has 0 atom stereocenters. The Hall–Kier alpha value is -3.61. The Balaban J connectivity index is 1.57. The number of carbonyl (C=O) groups is 1. The third-order valence-electron chi connectivity index (χ3n) is 6.19. The fourth-order valence-electron chi connectivity index (χ4n) is 4.43. The number of benzene rings is 2. The van der Waals surface area contributed by atoms with Crippen molar-refractivity contribution in [3.63, 3.8) is 0 Å². The minimum atomic E-state index is -0.0234. The second-order valence-corrected chi connectivity index (χ2v) is 8.77. The van der Waals surface area contributed by atoms with Crippen molar-refractivity contribution in [3.05, 3.63) is 65.4 Å². The van der Waals surface area contributed by atoms with E-state index in [1.165, 1.54) is 0 Å². The summed E-state index contributed by atoms with van der Waals surface area (Å²) in [4.78, 5) is 27.2. The lowest BCUT2D eigenvalue weighted by Gasteiger charge is -2.37. The molecule has 2 aromatic carbocycles. The van der Waals surface area contributed by atoms with Gasteiger partial charge in [0.2, 0.25) is 0 Å². The van der Waals surface area contributed by atoms with Crippen molar-refractivity contribution >= 4 is 11.7 Å². The number of aryl methyl sites for hydroxylation is 1. The monoisotopic (exact) mass is 460 g/mol. The minimum absolute atomic E-state index is 0.0234. The number of methoxy groups -OCH3 is 2. The summed E-state index contributed by atoms with van der Waals surface area (Å²) < 4.78 is 10.7. The Morgan fingerprint density at radius 2 is 1.53 bits per heavy atom. The summed E-state index contributed by atoms with van der Waals surface area (Å²) in [6.07, 6.45) is 0. The van der Waals surface area contributed by atoms with Crippen molar-refractivity contribution in [1.29, 1.82) is 0 Å². The van der Waals surface area contributed by atoms with Gasteiger partial charge in [0.15, 0.2) is 5.82 Å². The molecule has 4 rings (SSSR count). The van der Waals surface area contributed by atoms with Gasteiger partial charge < -0.3 is 19.3 Å². The molecule has 0 spiro atoms. The lowest BCUT2D eigenvalue weighted by atomic mass is 10.0. The van der Waals surface area contributed by atoms with Crippen molar-refractivity contribution in [2.24, 2.45) is 0 Å². The van der Waals surface area contributed by atoms with Crippen molar-refractivity contribution < 1.29 is 14.3 Å². The molecule has 7 heteroatoms. The molecule has 0 saturated carbocycles. The van der Waals surface area contributed by atoms with Crippen molar-refractivity contribution in [1.82, 2.24) is 14.9 Å². The van der Waals surface area contributed by atoms with Crippen LogP contribution in [0.5, 0.6) is 11.5 Å². The molecule has 178 valence electrons. The van der Waals surface area contributed by atoms with E-state index in [9.17, 15) is 4.79 Å². The van der Waals surface area contributed by atoms with Gasteiger partial charge in [-0.05, 0) is 25.0 Å². The Morgan fingerprint density at radius 1 is 0.912 bits per heavy atom. The van der Waals surface area contributed by atoms with E-state index >= 15 is 0 Å². The number of amides is 1. The molecule has 1 aromatic heterocycles. The number of hydrogen-bond acceptors (Lipinski definition) is 6. The average molecular weight is 461 g/mol. The molecule has 1 amide bonds. The van der Waals surface area contributed by atoms with E-state index in [1.807, 2.05) is 35.2 Å². The van der Waals surface area contributed by atoms with Crippen LogP contribution < -0.4 is 14.4 Å². The molecule has 1 aliphatic rings. The maximum absolute atomic E-state index is 13.2. The summed E-state index contributed by atoms with van der Waals surface area (Å²) in [5.41, 5.74) is 3.73.